The number of carbonyl (C=O) groups excluding carboxylic acids is 1. The highest BCUT2D eigenvalue weighted by Crippen LogP contribution is 2.51. The maximum absolute atomic E-state index is 11.9. The Kier molecular flexibility index (Phi) is 5.47. The molecule has 3 nitrogen and oxygen atoms in total. The highest BCUT2D eigenvalue weighted by molar-refractivity contribution is 5.85. The van der Waals surface area contributed by atoms with Crippen LogP contribution in [0.25, 0.3) is 0 Å². The second kappa shape index (κ2) is 6.25. The first-order chi connectivity index (χ1) is 8.03. The van der Waals surface area contributed by atoms with E-state index in [2.05, 4.69) is 19.2 Å². The first-order valence-corrected chi connectivity index (χ1v) is 7.06. The fraction of sp³-hybridized carbons (Fsp3) is 0.929. The minimum absolute atomic E-state index is 0. The Morgan fingerprint density at radius 3 is 2.50 bits per heavy atom. The molecule has 1 amide bonds. The maximum Gasteiger partial charge on any atom is 0.220 e. The zero-order chi connectivity index (χ0) is 12.5. The van der Waals surface area contributed by atoms with Gasteiger partial charge in [-0.15, -0.1) is 12.4 Å². The summed E-state index contributed by atoms with van der Waals surface area (Å²) in [6, 6.07) is 0.251. The third-order valence-corrected chi connectivity index (χ3v) is 4.92. The van der Waals surface area contributed by atoms with Crippen molar-refractivity contribution in [2.24, 2.45) is 23.0 Å². The van der Waals surface area contributed by atoms with E-state index in [0.717, 1.165) is 19.4 Å². The number of nitrogens with one attached hydrogen (secondary N) is 1. The zero-order valence-corrected chi connectivity index (χ0v) is 12.4. The summed E-state index contributed by atoms with van der Waals surface area (Å²) in [4.78, 5) is 11.9. The third-order valence-electron chi connectivity index (χ3n) is 4.92. The first kappa shape index (κ1) is 15.8. The quantitative estimate of drug-likeness (QED) is 0.809. The van der Waals surface area contributed by atoms with Crippen LogP contribution in [0, 0.1) is 17.3 Å². The van der Waals surface area contributed by atoms with Crippen LogP contribution in [0.1, 0.15) is 52.4 Å². The molecule has 0 aromatic rings. The molecule has 2 aliphatic carbocycles. The molecule has 4 heteroatoms. The van der Waals surface area contributed by atoms with E-state index in [1.807, 2.05) is 0 Å². The second-order valence-corrected chi connectivity index (χ2v) is 6.35. The van der Waals surface area contributed by atoms with E-state index in [0.29, 0.717) is 23.7 Å². The number of amides is 1. The average Bonchev–Trinajstić information content (AvgIpc) is 2.97. The summed E-state index contributed by atoms with van der Waals surface area (Å²) in [5.74, 6) is 1.31. The Morgan fingerprint density at radius 2 is 2.06 bits per heavy atom. The van der Waals surface area contributed by atoms with E-state index in [9.17, 15) is 4.79 Å². The van der Waals surface area contributed by atoms with Crippen molar-refractivity contribution in [3.8, 4) is 0 Å². The molecule has 0 aromatic heterocycles. The summed E-state index contributed by atoms with van der Waals surface area (Å²) >= 11 is 0. The van der Waals surface area contributed by atoms with Crippen LogP contribution in [-0.2, 0) is 4.79 Å². The molecule has 18 heavy (non-hydrogen) atoms. The van der Waals surface area contributed by atoms with Crippen molar-refractivity contribution < 1.29 is 4.79 Å². The Bertz CT molecular complexity index is 290. The number of hydrogen-bond acceptors (Lipinski definition) is 2. The van der Waals surface area contributed by atoms with E-state index < -0.39 is 0 Å². The van der Waals surface area contributed by atoms with E-state index in [4.69, 9.17) is 5.73 Å². The smallest absolute Gasteiger partial charge is 0.220 e. The van der Waals surface area contributed by atoms with E-state index in [-0.39, 0.29) is 24.4 Å². The molecule has 0 radical (unpaired) electrons. The summed E-state index contributed by atoms with van der Waals surface area (Å²) in [5, 5.41) is 3.12. The topological polar surface area (TPSA) is 55.1 Å². The summed E-state index contributed by atoms with van der Waals surface area (Å²) in [6.07, 6.45) is 6.59. The molecule has 0 aliphatic heterocycles. The molecular weight excluding hydrogens is 248 g/mol. The second-order valence-electron chi connectivity index (χ2n) is 6.35. The third kappa shape index (κ3) is 3.61. The Morgan fingerprint density at radius 1 is 1.39 bits per heavy atom. The molecule has 2 atom stereocenters. The van der Waals surface area contributed by atoms with E-state index >= 15 is 0 Å². The van der Waals surface area contributed by atoms with Crippen molar-refractivity contribution in [3.63, 3.8) is 0 Å². The Balaban J connectivity index is 0.00000162. The van der Waals surface area contributed by atoms with Gasteiger partial charge in [0.25, 0.3) is 0 Å². The number of carbonyl (C=O) groups is 1. The first-order valence-electron chi connectivity index (χ1n) is 7.06. The lowest BCUT2D eigenvalue weighted by molar-refractivity contribution is -0.122. The minimum atomic E-state index is 0. The predicted octanol–water partition coefficient (Wildman–Crippen LogP) is 2.48. The Hall–Kier alpha value is -0.280. The predicted molar refractivity (Wildman–Crippen MR) is 76.7 cm³/mol. The maximum atomic E-state index is 11.9. The fourth-order valence-electron chi connectivity index (χ4n) is 3.02. The van der Waals surface area contributed by atoms with Crippen LogP contribution in [0.15, 0.2) is 0 Å². The van der Waals surface area contributed by atoms with Crippen LogP contribution in [0.4, 0.5) is 0 Å². The minimum Gasteiger partial charge on any atom is -0.356 e. The van der Waals surface area contributed by atoms with Gasteiger partial charge in [-0.25, -0.2) is 0 Å². The Labute approximate surface area is 117 Å². The highest BCUT2D eigenvalue weighted by atomic mass is 35.5. The molecule has 2 aliphatic rings. The van der Waals surface area contributed by atoms with Crippen LogP contribution in [0.3, 0.4) is 0 Å². The van der Waals surface area contributed by atoms with Crippen molar-refractivity contribution in [1.29, 1.82) is 0 Å². The normalized spacial score (nSPS) is 28.9. The number of nitrogens with two attached hydrogens (primary N) is 1. The average molecular weight is 275 g/mol. The van der Waals surface area contributed by atoms with Gasteiger partial charge in [0.05, 0.1) is 0 Å². The van der Waals surface area contributed by atoms with Crippen LogP contribution < -0.4 is 11.1 Å². The zero-order valence-electron chi connectivity index (χ0n) is 11.6. The van der Waals surface area contributed by atoms with Crippen molar-refractivity contribution >= 4 is 18.3 Å². The lowest BCUT2D eigenvalue weighted by Crippen LogP contribution is -2.35. The molecule has 0 heterocycles. The molecule has 0 aromatic carbocycles. The van der Waals surface area contributed by atoms with Crippen molar-refractivity contribution in [3.05, 3.63) is 0 Å². The monoisotopic (exact) mass is 274 g/mol. The summed E-state index contributed by atoms with van der Waals surface area (Å²) < 4.78 is 0. The number of halogens is 1. The van der Waals surface area contributed by atoms with Gasteiger partial charge in [0.2, 0.25) is 5.91 Å². The van der Waals surface area contributed by atoms with Crippen molar-refractivity contribution in [2.45, 2.75) is 58.4 Å². The van der Waals surface area contributed by atoms with Gasteiger partial charge in [0.15, 0.2) is 0 Å². The number of rotatable bonds is 5. The lowest BCUT2D eigenvalue weighted by Gasteiger charge is -2.21. The van der Waals surface area contributed by atoms with Crippen LogP contribution in [0.5, 0.6) is 0 Å². The van der Waals surface area contributed by atoms with Crippen molar-refractivity contribution in [1.82, 2.24) is 5.32 Å². The lowest BCUT2D eigenvalue weighted by atomic mass is 9.92. The molecule has 0 unspecified atom stereocenters. The van der Waals surface area contributed by atoms with Crippen LogP contribution in [-0.4, -0.2) is 18.5 Å². The van der Waals surface area contributed by atoms with Gasteiger partial charge in [-0.2, -0.15) is 0 Å². The molecule has 0 spiro atoms. The van der Waals surface area contributed by atoms with Crippen molar-refractivity contribution in [2.75, 3.05) is 6.54 Å². The fourth-order valence-corrected chi connectivity index (χ4v) is 3.02. The van der Waals surface area contributed by atoms with Gasteiger partial charge in [0.1, 0.15) is 0 Å². The van der Waals surface area contributed by atoms with Crippen LogP contribution >= 0.6 is 12.4 Å². The van der Waals surface area contributed by atoms with Gasteiger partial charge in [-0.05, 0) is 42.9 Å². The van der Waals surface area contributed by atoms with Gasteiger partial charge in [-0.3, -0.25) is 4.79 Å². The number of hydrogen-bond donors (Lipinski definition) is 2. The largest absolute Gasteiger partial charge is 0.356 e. The summed E-state index contributed by atoms with van der Waals surface area (Å²) in [7, 11) is 0. The summed E-state index contributed by atoms with van der Waals surface area (Å²) in [5.41, 5.74) is 6.40. The molecular formula is C14H27ClN2O. The van der Waals surface area contributed by atoms with Gasteiger partial charge >= 0.3 is 0 Å². The summed E-state index contributed by atoms with van der Waals surface area (Å²) in [6.45, 7) is 5.38. The van der Waals surface area contributed by atoms with Gasteiger partial charge < -0.3 is 11.1 Å². The molecule has 2 rings (SSSR count). The highest BCUT2D eigenvalue weighted by Gasteiger charge is 2.45. The van der Waals surface area contributed by atoms with E-state index in [1.165, 1.54) is 19.3 Å². The SMILES string of the molecule is CC(C)C1(CNC(=O)C[C@@H]2CCC[C@H]2N)CC1.Cl. The van der Waals surface area contributed by atoms with Gasteiger partial charge in [-0.1, -0.05) is 20.3 Å². The molecule has 0 saturated heterocycles. The molecule has 2 fully saturated rings. The van der Waals surface area contributed by atoms with E-state index in [1.54, 1.807) is 0 Å². The molecule has 106 valence electrons. The van der Waals surface area contributed by atoms with Crippen LogP contribution in [0.2, 0.25) is 0 Å². The van der Waals surface area contributed by atoms with Gasteiger partial charge in [0, 0.05) is 19.0 Å². The standard InChI is InChI=1S/C14H26N2O.ClH/c1-10(2)14(6-7-14)9-16-13(17)8-11-4-3-5-12(11)15;/h10-12H,3-9,15H2,1-2H3,(H,16,17);1H/t11-,12+;/m0./s1. The molecule has 2 saturated carbocycles. The molecule has 3 N–H and O–H groups in total. The molecule has 0 bridgehead atoms.